The van der Waals surface area contributed by atoms with Crippen LogP contribution in [0.4, 0.5) is 10.1 Å². The maximum Gasteiger partial charge on any atom is 0.417 e. The standard InChI is InChI=1S/C20H22FN3O2/c1-13(14-2-7-18-19(12-14)26-20(25)23-18)22-16-8-10-24(11-9-16)17-5-3-15(21)4-6-17/h2-7,12-13,16,22H,8-11H2,1H3,(H,23,25). The molecule has 2 heterocycles. The molecular formula is C20H22FN3O2. The molecule has 1 aromatic heterocycles. The number of nitrogens with one attached hydrogen (secondary N) is 2. The van der Waals surface area contributed by atoms with Crippen molar-refractivity contribution in [2.45, 2.75) is 31.8 Å². The van der Waals surface area contributed by atoms with Crippen molar-refractivity contribution in [3.8, 4) is 0 Å². The average molecular weight is 355 g/mol. The van der Waals surface area contributed by atoms with Crippen LogP contribution >= 0.6 is 0 Å². The van der Waals surface area contributed by atoms with Crippen molar-refractivity contribution in [2.24, 2.45) is 0 Å². The van der Waals surface area contributed by atoms with E-state index >= 15 is 0 Å². The summed E-state index contributed by atoms with van der Waals surface area (Å²) >= 11 is 0. The quantitative estimate of drug-likeness (QED) is 0.751. The van der Waals surface area contributed by atoms with Crippen LogP contribution in [0.25, 0.3) is 11.1 Å². The summed E-state index contributed by atoms with van der Waals surface area (Å²) in [5.41, 5.74) is 3.48. The first-order chi connectivity index (χ1) is 12.6. The molecule has 0 bridgehead atoms. The van der Waals surface area contributed by atoms with Crippen LogP contribution in [0.5, 0.6) is 0 Å². The lowest BCUT2D eigenvalue weighted by Gasteiger charge is -2.35. The highest BCUT2D eigenvalue weighted by molar-refractivity contribution is 5.72. The topological polar surface area (TPSA) is 61.3 Å². The Morgan fingerprint density at radius 2 is 1.92 bits per heavy atom. The molecule has 0 spiro atoms. The minimum Gasteiger partial charge on any atom is -0.408 e. The van der Waals surface area contributed by atoms with Crippen LogP contribution in [-0.4, -0.2) is 24.1 Å². The van der Waals surface area contributed by atoms with Crippen molar-refractivity contribution >= 4 is 16.8 Å². The third kappa shape index (κ3) is 3.51. The molecule has 0 radical (unpaired) electrons. The minimum absolute atomic E-state index is 0.168. The van der Waals surface area contributed by atoms with Gasteiger partial charge in [-0.15, -0.1) is 0 Å². The van der Waals surface area contributed by atoms with Crippen LogP contribution in [0, 0.1) is 5.82 Å². The number of halogens is 1. The predicted molar refractivity (Wildman–Crippen MR) is 100 cm³/mol. The molecule has 26 heavy (non-hydrogen) atoms. The molecule has 0 saturated carbocycles. The number of anilines is 1. The Balaban J connectivity index is 1.37. The Bertz CT molecular complexity index is 940. The molecule has 1 aliphatic heterocycles. The number of hydrogen-bond donors (Lipinski definition) is 2. The largest absolute Gasteiger partial charge is 0.417 e. The summed E-state index contributed by atoms with van der Waals surface area (Å²) in [6.07, 6.45) is 2.06. The molecule has 3 aromatic rings. The maximum absolute atomic E-state index is 13.1. The number of rotatable bonds is 4. The molecular weight excluding hydrogens is 333 g/mol. The highest BCUT2D eigenvalue weighted by Crippen LogP contribution is 2.23. The zero-order valence-corrected chi connectivity index (χ0v) is 14.7. The van der Waals surface area contributed by atoms with Gasteiger partial charge in [-0.2, -0.15) is 0 Å². The lowest BCUT2D eigenvalue weighted by Crippen LogP contribution is -2.43. The molecule has 2 aromatic carbocycles. The third-order valence-corrected chi connectivity index (χ3v) is 5.12. The molecule has 1 fully saturated rings. The van der Waals surface area contributed by atoms with E-state index in [9.17, 15) is 9.18 Å². The van der Waals surface area contributed by atoms with Crippen molar-refractivity contribution in [1.82, 2.24) is 10.3 Å². The van der Waals surface area contributed by atoms with Gasteiger partial charge in [0.15, 0.2) is 5.58 Å². The molecule has 1 saturated heterocycles. The van der Waals surface area contributed by atoms with Gasteiger partial charge in [0, 0.05) is 30.9 Å². The van der Waals surface area contributed by atoms with Crippen molar-refractivity contribution in [3.05, 3.63) is 64.4 Å². The van der Waals surface area contributed by atoms with Crippen LogP contribution in [0.2, 0.25) is 0 Å². The van der Waals surface area contributed by atoms with Gasteiger partial charge in [0.25, 0.3) is 0 Å². The molecule has 4 rings (SSSR count). The Morgan fingerprint density at radius 1 is 1.19 bits per heavy atom. The Hall–Kier alpha value is -2.60. The van der Waals surface area contributed by atoms with E-state index in [4.69, 9.17) is 4.42 Å². The van der Waals surface area contributed by atoms with Gasteiger partial charge in [-0.25, -0.2) is 9.18 Å². The van der Waals surface area contributed by atoms with Crippen molar-refractivity contribution in [2.75, 3.05) is 18.0 Å². The molecule has 1 atom stereocenters. The van der Waals surface area contributed by atoms with Crippen LogP contribution in [-0.2, 0) is 0 Å². The zero-order valence-electron chi connectivity index (χ0n) is 14.7. The molecule has 1 aliphatic rings. The predicted octanol–water partition coefficient (Wildman–Crippen LogP) is 3.58. The number of nitrogens with zero attached hydrogens (tertiary/aromatic N) is 1. The summed E-state index contributed by atoms with van der Waals surface area (Å²) in [5, 5.41) is 3.67. The van der Waals surface area contributed by atoms with Crippen LogP contribution in [0.15, 0.2) is 51.7 Å². The molecule has 5 nitrogen and oxygen atoms in total. The first kappa shape index (κ1) is 16.8. The first-order valence-corrected chi connectivity index (χ1v) is 8.98. The lowest BCUT2D eigenvalue weighted by atomic mass is 10.0. The number of benzene rings is 2. The fourth-order valence-electron chi connectivity index (χ4n) is 3.64. The van der Waals surface area contributed by atoms with Gasteiger partial charge in [-0.3, -0.25) is 4.98 Å². The number of aromatic amines is 1. The number of piperidine rings is 1. The lowest BCUT2D eigenvalue weighted by molar-refractivity contribution is 0.381. The normalized spacial score (nSPS) is 16.9. The molecule has 0 aliphatic carbocycles. The minimum atomic E-state index is -0.425. The second-order valence-electron chi connectivity index (χ2n) is 6.90. The number of H-pyrrole nitrogens is 1. The van der Waals surface area contributed by atoms with Crippen LogP contribution in [0.3, 0.4) is 0 Å². The van der Waals surface area contributed by atoms with E-state index < -0.39 is 5.76 Å². The maximum atomic E-state index is 13.1. The van der Waals surface area contributed by atoms with Gasteiger partial charge < -0.3 is 14.6 Å². The molecule has 2 N–H and O–H groups in total. The average Bonchev–Trinajstić information content (AvgIpc) is 3.02. The monoisotopic (exact) mass is 355 g/mol. The molecule has 136 valence electrons. The summed E-state index contributed by atoms with van der Waals surface area (Å²) in [7, 11) is 0. The molecule has 6 heteroatoms. The van der Waals surface area contributed by atoms with Crippen molar-refractivity contribution < 1.29 is 8.81 Å². The fraction of sp³-hybridized carbons (Fsp3) is 0.350. The number of aromatic nitrogens is 1. The smallest absolute Gasteiger partial charge is 0.408 e. The van der Waals surface area contributed by atoms with Crippen LogP contribution < -0.4 is 16.0 Å². The Labute approximate surface area is 150 Å². The molecule has 1 unspecified atom stereocenters. The van der Waals surface area contributed by atoms with E-state index in [1.807, 2.05) is 30.3 Å². The summed E-state index contributed by atoms with van der Waals surface area (Å²) in [6.45, 7) is 4.02. The SMILES string of the molecule is CC(NC1CCN(c2ccc(F)cc2)CC1)c1ccc2[nH]c(=O)oc2c1. The van der Waals surface area contributed by atoms with Gasteiger partial charge in [-0.05, 0) is 61.7 Å². The number of oxazole rings is 1. The highest BCUT2D eigenvalue weighted by atomic mass is 19.1. The van der Waals surface area contributed by atoms with E-state index in [1.165, 1.54) is 12.1 Å². The summed E-state index contributed by atoms with van der Waals surface area (Å²) in [4.78, 5) is 16.2. The van der Waals surface area contributed by atoms with E-state index in [0.29, 0.717) is 11.6 Å². The molecule has 0 amide bonds. The van der Waals surface area contributed by atoms with E-state index in [2.05, 4.69) is 22.1 Å². The third-order valence-electron chi connectivity index (χ3n) is 5.12. The second kappa shape index (κ2) is 6.96. The van der Waals surface area contributed by atoms with Crippen LogP contribution in [0.1, 0.15) is 31.4 Å². The van der Waals surface area contributed by atoms with E-state index in [1.54, 1.807) is 0 Å². The number of fused-ring (bicyclic) bond motifs is 1. The van der Waals surface area contributed by atoms with Gasteiger partial charge in [0.05, 0.1) is 5.52 Å². The van der Waals surface area contributed by atoms with Gasteiger partial charge >= 0.3 is 5.76 Å². The fourth-order valence-corrected chi connectivity index (χ4v) is 3.64. The van der Waals surface area contributed by atoms with Crippen molar-refractivity contribution in [3.63, 3.8) is 0 Å². The summed E-state index contributed by atoms with van der Waals surface area (Å²) in [6, 6.07) is 13.1. The van der Waals surface area contributed by atoms with Crippen molar-refractivity contribution in [1.29, 1.82) is 0 Å². The summed E-state index contributed by atoms with van der Waals surface area (Å²) < 4.78 is 18.2. The Morgan fingerprint density at radius 3 is 2.65 bits per heavy atom. The first-order valence-electron chi connectivity index (χ1n) is 8.98. The second-order valence-corrected chi connectivity index (χ2v) is 6.90. The van der Waals surface area contributed by atoms with E-state index in [0.717, 1.165) is 42.7 Å². The van der Waals surface area contributed by atoms with Gasteiger partial charge in [-0.1, -0.05) is 6.07 Å². The van der Waals surface area contributed by atoms with E-state index in [-0.39, 0.29) is 11.9 Å². The van der Waals surface area contributed by atoms with Gasteiger partial charge in [0.1, 0.15) is 5.82 Å². The zero-order chi connectivity index (χ0) is 18.1. The Kier molecular flexibility index (Phi) is 4.51. The summed E-state index contributed by atoms with van der Waals surface area (Å²) in [5.74, 6) is -0.625. The highest BCUT2D eigenvalue weighted by Gasteiger charge is 2.21. The number of hydrogen-bond acceptors (Lipinski definition) is 4. The van der Waals surface area contributed by atoms with Gasteiger partial charge in [0.2, 0.25) is 0 Å².